The SMILES string of the molecule is Cc1cc(OCC(=O)c2ccc(Br)cc2)cc2c1C(=O)/C(=C/c1cccc(Cl)c1)O2. The van der Waals surface area contributed by atoms with Crippen molar-refractivity contribution in [2.75, 3.05) is 6.61 Å². The van der Waals surface area contributed by atoms with Crippen LogP contribution in [0, 0.1) is 6.92 Å². The lowest BCUT2D eigenvalue weighted by molar-refractivity contribution is 0.0920. The first-order chi connectivity index (χ1) is 14.4. The van der Waals surface area contributed by atoms with Gasteiger partial charge in [-0.25, -0.2) is 0 Å². The van der Waals surface area contributed by atoms with Gasteiger partial charge in [-0.1, -0.05) is 51.8 Å². The van der Waals surface area contributed by atoms with Gasteiger partial charge in [-0.2, -0.15) is 0 Å². The number of halogens is 2. The van der Waals surface area contributed by atoms with Crippen molar-refractivity contribution in [3.63, 3.8) is 0 Å². The second kappa shape index (κ2) is 8.46. The molecule has 0 saturated heterocycles. The van der Waals surface area contributed by atoms with Gasteiger partial charge in [-0.05, 0) is 54.5 Å². The second-order valence-corrected chi connectivity index (χ2v) is 8.18. The number of benzene rings is 3. The lowest BCUT2D eigenvalue weighted by atomic mass is 10.0. The number of carbonyl (C=O) groups excluding carboxylic acids is 2. The number of carbonyl (C=O) groups is 2. The largest absolute Gasteiger partial charge is 0.485 e. The van der Waals surface area contributed by atoms with Crippen molar-refractivity contribution in [3.8, 4) is 11.5 Å². The third-order valence-corrected chi connectivity index (χ3v) is 5.39. The summed E-state index contributed by atoms with van der Waals surface area (Å²) in [5.74, 6) is 0.769. The fourth-order valence-corrected chi connectivity index (χ4v) is 3.64. The molecule has 3 aromatic carbocycles. The van der Waals surface area contributed by atoms with Crippen LogP contribution in [0.2, 0.25) is 5.02 Å². The van der Waals surface area contributed by atoms with E-state index in [-0.39, 0.29) is 23.9 Å². The van der Waals surface area contributed by atoms with Crippen molar-refractivity contribution in [2.45, 2.75) is 6.92 Å². The summed E-state index contributed by atoms with van der Waals surface area (Å²) in [6, 6.07) is 17.6. The molecule has 0 fully saturated rings. The minimum Gasteiger partial charge on any atom is -0.485 e. The van der Waals surface area contributed by atoms with Gasteiger partial charge in [-0.15, -0.1) is 0 Å². The Kier molecular flexibility index (Phi) is 5.75. The zero-order chi connectivity index (χ0) is 21.3. The summed E-state index contributed by atoms with van der Waals surface area (Å²) in [4.78, 5) is 25.1. The molecule has 6 heteroatoms. The average molecular weight is 484 g/mol. The minimum atomic E-state index is -0.194. The predicted octanol–water partition coefficient (Wildman–Crippen LogP) is 6.29. The first-order valence-corrected chi connectivity index (χ1v) is 10.3. The molecule has 0 atom stereocenters. The minimum absolute atomic E-state index is 0.112. The molecule has 30 heavy (non-hydrogen) atoms. The van der Waals surface area contributed by atoms with Crippen molar-refractivity contribution in [1.29, 1.82) is 0 Å². The predicted molar refractivity (Wildman–Crippen MR) is 120 cm³/mol. The van der Waals surface area contributed by atoms with Crippen molar-refractivity contribution < 1.29 is 19.1 Å². The van der Waals surface area contributed by atoms with Crippen molar-refractivity contribution >= 4 is 45.2 Å². The van der Waals surface area contributed by atoms with Crippen LogP contribution in [-0.4, -0.2) is 18.2 Å². The smallest absolute Gasteiger partial charge is 0.232 e. The number of fused-ring (bicyclic) bond motifs is 1. The van der Waals surface area contributed by atoms with Crippen molar-refractivity contribution in [2.24, 2.45) is 0 Å². The van der Waals surface area contributed by atoms with Crippen LogP contribution >= 0.6 is 27.5 Å². The Balaban J connectivity index is 1.52. The lowest BCUT2D eigenvalue weighted by Gasteiger charge is -2.09. The van der Waals surface area contributed by atoms with Crippen LogP contribution in [0.3, 0.4) is 0 Å². The Bertz CT molecular complexity index is 1180. The van der Waals surface area contributed by atoms with E-state index in [0.717, 1.165) is 15.6 Å². The zero-order valence-corrected chi connectivity index (χ0v) is 18.3. The van der Waals surface area contributed by atoms with Gasteiger partial charge in [0.2, 0.25) is 5.78 Å². The summed E-state index contributed by atoms with van der Waals surface area (Å²) in [7, 11) is 0. The van der Waals surface area contributed by atoms with E-state index < -0.39 is 0 Å². The summed E-state index contributed by atoms with van der Waals surface area (Å²) in [6.45, 7) is 1.70. The lowest BCUT2D eigenvalue weighted by Crippen LogP contribution is -2.11. The molecule has 3 aromatic rings. The summed E-state index contributed by atoms with van der Waals surface area (Å²) >= 11 is 9.36. The van der Waals surface area contributed by atoms with Gasteiger partial charge in [0.25, 0.3) is 0 Å². The maximum Gasteiger partial charge on any atom is 0.232 e. The van der Waals surface area contributed by atoms with E-state index in [4.69, 9.17) is 21.1 Å². The van der Waals surface area contributed by atoms with Gasteiger partial charge in [0.05, 0.1) is 5.56 Å². The van der Waals surface area contributed by atoms with Gasteiger partial charge >= 0.3 is 0 Å². The number of allylic oxidation sites excluding steroid dienone is 1. The highest BCUT2D eigenvalue weighted by Gasteiger charge is 2.30. The second-order valence-electron chi connectivity index (χ2n) is 6.83. The van der Waals surface area contributed by atoms with Crippen LogP contribution in [0.15, 0.2) is 70.9 Å². The molecular formula is C24H16BrClO4. The molecule has 0 aliphatic carbocycles. The molecular weight excluding hydrogens is 468 g/mol. The first kappa shape index (κ1) is 20.4. The zero-order valence-electron chi connectivity index (χ0n) is 15.9. The monoisotopic (exact) mass is 482 g/mol. The van der Waals surface area contributed by atoms with Crippen LogP contribution in [0.4, 0.5) is 0 Å². The summed E-state index contributed by atoms with van der Waals surface area (Å²) < 4.78 is 12.4. The molecule has 4 nitrogen and oxygen atoms in total. The number of rotatable bonds is 5. The fourth-order valence-electron chi connectivity index (χ4n) is 3.18. The highest BCUT2D eigenvalue weighted by molar-refractivity contribution is 9.10. The van der Waals surface area contributed by atoms with Gasteiger partial charge in [0.15, 0.2) is 18.1 Å². The van der Waals surface area contributed by atoms with E-state index in [2.05, 4.69) is 15.9 Å². The third-order valence-electron chi connectivity index (χ3n) is 4.63. The normalized spacial score (nSPS) is 13.8. The number of hydrogen-bond acceptors (Lipinski definition) is 4. The van der Waals surface area contributed by atoms with Crippen LogP contribution < -0.4 is 9.47 Å². The van der Waals surface area contributed by atoms with E-state index in [1.54, 1.807) is 60.7 Å². The molecule has 1 aliphatic rings. The molecule has 4 rings (SSSR count). The maximum atomic E-state index is 12.8. The summed E-state index contributed by atoms with van der Waals surface area (Å²) in [5, 5.41) is 0.578. The molecule has 1 heterocycles. The molecule has 0 spiro atoms. The number of aryl methyl sites for hydroxylation is 1. The molecule has 0 aromatic heterocycles. The maximum absolute atomic E-state index is 12.8. The topological polar surface area (TPSA) is 52.6 Å². The molecule has 0 N–H and O–H groups in total. The van der Waals surface area contributed by atoms with E-state index in [1.165, 1.54) is 0 Å². The van der Waals surface area contributed by atoms with E-state index in [1.807, 2.05) is 13.0 Å². The summed E-state index contributed by atoms with van der Waals surface area (Å²) in [6.07, 6.45) is 1.66. The van der Waals surface area contributed by atoms with Crippen LogP contribution in [0.1, 0.15) is 31.8 Å². The van der Waals surface area contributed by atoms with E-state index in [9.17, 15) is 9.59 Å². The Morgan fingerprint density at radius 1 is 1.13 bits per heavy atom. The Morgan fingerprint density at radius 3 is 2.63 bits per heavy atom. The standard InChI is InChI=1S/C24H16BrClO4/c1-14-9-19(29-13-20(27)16-5-7-17(25)8-6-16)12-21-23(14)24(28)22(30-21)11-15-3-2-4-18(26)10-15/h2-12H,13H2,1H3/b22-11-. The van der Waals surface area contributed by atoms with Crippen LogP contribution in [0.25, 0.3) is 6.08 Å². The molecule has 0 unspecified atom stereocenters. The number of Topliss-reactive ketones (excluding diaryl/α,β-unsaturated/α-hetero) is 2. The fraction of sp³-hybridized carbons (Fsp3) is 0.0833. The Labute approximate surface area is 187 Å². The van der Waals surface area contributed by atoms with Crippen LogP contribution in [-0.2, 0) is 0 Å². The molecule has 0 radical (unpaired) electrons. The Morgan fingerprint density at radius 2 is 1.90 bits per heavy atom. The van der Waals surface area contributed by atoms with Gasteiger partial charge in [-0.3, -0.25) is 9.59 Å². The van der Waals surface area contributed by atoms with Gasteiger partial charge in [0, 0.05) is 21.1 Å². The van der Waals surface area contributed by atoms with Crippen molar-refractivity contribution in [3.05, 3.63) is 98.2 Å². The highest BCUT2D eigenvalue weighted by Crippen LogP contribution is 2.37. The van der Waals surface area contributed by atoms with Gasteiger partial charge in [0.1, 0.15) is 11.5 Å². The van der Waals surface area contributed by atoms with Crippen LogP contribution in [0.5, 0.6) is 11.5 Å². The average Bonchev–Trinajstić information content (AvgIpc) is 3.02. The first-order valence-electron chi connectivity index (χ1n) is 9.17. The number of ether oxygens (including phenoxy) is 2. The highest BCUT2D eigenvalue weighted by atomic mass is 79.9. The van der Waals surface area contributed by atoms with Gasteiger partial charge < -0.3 is 9.47 Å². The molecule has 0 amide bonds. The molecule has 1 aliphatic heterocycles. The van der Waals surface area contributed by atoms with Crippen molar-refractivity contribution in [1.82, 2.24) is 0 Å². The molecule has 0 bridgehead atoms. The van der Waals surface area contributed by atoms with E-state index >= 15 is 0 Å². The number of hydrogen-bond donors (Lipinski definition) is 0. The summed E-state index contributed by atoms with van der Waals surface area (Å²) in [5.41, 5.74) is 2.55. The molecule has 0 saturated carbocycles. The third kappa shape index (κ3) is 4.32. The number of ketones is 2. The van der Waals surface area contributed by atoms with E-state index in [0.29, 0.717) is 27.6 Å². The Hall–Kier alpha value is -2.89. The molecule has 150 valence electrons. The quantitative estimate of drug-likeness (QED) is 0.316.